The van der Waals surface area contributed by atoms with Crippen LogP contribution in [0.2, 0.25) is 0 Å². The minimum Gasteiger partial charge on any atom is -0.480 e. The zero-order valence-corrected chi connectivity index (χ0v) is 9.86. The first-order chi connectivity index (χ1) is 7.07. The molecule has 82 valence electrons. The van der Waals surface area contributed by atoms with E-state index < -0.39 is 18.1 Å². The quantitative estimate of drug-likeness (QED) is 0.768. The Kier molecular flexibility index (Phi) is 4.26. The summed E-state index contributed by atoms with van der Waals surface area (Å²) >= 11 is 3.37. The van der Waals surface area contributed by atoms with Gasteiger partial charge in [0.25, 0.3) is 0 Å². The van der Waals surface area contributed by atoms with Gasteiger partial charge in [0.15, 0.2) is 0 Å². The summed E-state index contributed by atoms with van der Waals surface area (Å²) in [6.07, 6.45) is 0. The molecule has 0 fully saturated rings. The van der Waals surface area contributed by atoms with Crippen LogP contribution in [0.15, 0.2) is 28.7 Å². The molecule has 0 spiro atoms. The third kappa shape index (κ3) is 2.77. The number of nitrogens with two attached hydrogens (primary N) is 1. The van der Waals surface area contributed by atoms with Crippen LogP contribution < -0.4 is 11.1 Å². The molecule has 0 amide bonds. The fraction of sp³-hybridized carbons (Fsp3) is 0.300. The van der Waals surface area contributed by atoms with Gasteiger partial charge in [-0.15, -0.1) is 0 Å². The van der Waals surface area contributed by atoms with E-state index in [1.54, 1.807) is 7.05 Å². The molecule has 1 aromatic rings. The van der Waals surface area contributed by atoms with Crippen molar-refractivity contribution in [1.82, 2.24) is 5.32 Å². The summed E-state index contributed by atoms with van der Waals surface area (Å²) in [5, 5.41) is 11.8. The fourth-order valence-electron chi connectivity index (χ4n) is 1.40. The van der Waals surface area contributed by atoms with Gasteiger partial charge in [0.1, 0.15) is 6.04 Å². The third-order valence-electron chi connectivity index (χ3n) is 2.20. The van der Waals surface area contributed by atoms with Crippen molar-refractivity contribution in [2.45, 2.75) is 12.1 Å². The molecule has 15 heavy (non-hydrogen) atoms. The molecule has 0 radical (unpaired) electrons. The van der Waals surface area contributed by atoms with Gasteiger partial charge in [0.2, 0.25) is 0 Å². The van der Waals surface area contributed by atoms with Crippen LogP contribution in [0.4, 0.5) is 0 Å². The standard InChI is InChI=1S/C10H13BrN2O2/c1-13-9(8(12)10(14)15)6-4-2-3-5-7(6)11/h2-5,8-9,13H,12H2,1H3,(H,14,15). The van der Waals surface area contributed by atoms with E-state index in [1.807, 2.05) is 24.3 Å². The highest BCUT2D eigenvalue weighted by Gasteiger charge is 2.25. The number of benzene rings is 1. The summed E-state index contributed by atoms with van der Waals surface area (Å²) in [6, 6.07) is 6.04. The molecule has 1 aromatic carbocycles. The maximum atomic E-state index is 10.8. The van der Waals surface area contributed by atoms with Crippen molar-refractivity contribution < 1.29 is 9.90 Å². The van der Waals surface area contributed by atoms with E-state index in [-0.39, 0.29) is 0 Å². The first-order valence-electron chi connectivity index (χ1n) is 4.48. The van der Waals surface area contributed by atoms with Crippen LogP contribution in [0.5, 0.6) is 0 Å². The number of carboxylic acids is 1. The summed E-state index contributed by atoms with van der Waals surface area (Å²) in [4.78, 5) is 10.8. The number of likely N-dealkylation sites (N-methyl/N-ethyl adjacent to an activating group) is 1. The van der Waals surface area contributed by atoms with E-state index in [0.29, 0.717) is 0 Å². The molecule has 2 unspecified atom stereocenters. The third-order valence-corrected chi connectivity index (χ3v) is 2.92. The molecule has 0 aromatic heterocycles. The van der Waals surface area contributed by atoms with E-state index in [9.17, 15) is 4.79 Å². The van der Waals surface area contributed by atoms with Crippen LogP contribution in [-0.2, 0) is 4.79 Å². The van der Waals surface area contributed by atoms with E-state index in [1.165, 1.54) is 0 Å². The van der Waals surface area contributed by atoms with Crippen molar-refractivity contribution in [2.24, 2.45) is 5.73 Å². The van der Waals surface area contributed by atoms with Gasteiger partial charge in [-0.05, 0) is 18.7 Å². The number of aliphatic carboxylic acids is 1. The predicted octanol–water partition coefficient (Wildman–Crippen LogP) is 1.12. The molecule has 4 nitrogen and oxygen atoms in total. The van der Waals surface area contributed by atoms with Gasteiger partial charge in [0.05, 0.1) is 6.04 Å². The maximum absolute atomic E-state index is 10.8. The number of rotatable bonds is 4. The van der Waals surface area contributed by atoms with Gasteiger partial charge in [-0.25, -0.2) is 0 Å². The molecule has 0 saturated carbocycles. The minimum atomic E-state index is -1.02. The lowest BCUT2D eigenvalue weighted by Crippen LogP contribution is -2.42. The molecule has 5 heteroatoms. The molecule has 0 aliphatic carbocycles. The summed E-state index contributed by atoms with van der Waals surface area (Å²) in [6.45, 7) is 0. The summed E-state index contributed by atoms with van der Waals surface area (Å²) in [5.74, 6) is -1.02. The smallest absolute Gasteiger partial charge is 0.322 e. The molecule has 0 aliphatic rings. The van der Waals surface area contributed by atoms with E-state index in [0.717, 1.165) is 10.0 Å². The number of hydrogen-bond donors (Lipinski definition) is 3. The molecule has 4 N–H and O–H groups in total. The van der Waals surface area contributed by atoms with Crippen molar-refractivity contribution in [3.63, 3.8) is 0 Å². The normalized spacial score (nSPS) is 14.6. The van der Waals surface area contributed by atoms with Gasteiger partial charge >= 0.3 is 5.97 Å². The van der Waals surface area contributed by atoms with Crippen molar-refractivity contribution >= 4 is 21.9 Å². The highest BCUT2D eigenvalue weighted by atomic mass is 79.9. The number of halogens is 1. The summed E-state index contributed by atoms with van der Waals surface area (Å²) in [7, 11) is 1.69. The largest absolute Gasteiger partial charge is 0.480 e. The second-order valence-corrected chi connectivity index (χ2v) is 4.01. The summed E-state index contributed by atoms with van der Waals surface area (Å²) in [5.41, 5.74) is 6.43. The van der Waals surface area contributed by atoms with Gasteiger partial charge in [-0.2, -0.15) is 0 Å². The number of carbonyl (C=O) groups is 1. The Labute approximate surface area is 96.6 Å². The van der Waals surface area contributed by atoms with Gasteiger partial charge in [-0.1, -0.05) is 34.1 Å². The van der Waals surface area contributed by atoms with Crippen LogP contribution in [-0.4, -0.2) is 24.2 Å². The van der Waals surface area contributed by atoms with Gasteiger partial charge < -0.3 is 16.2 Å². The Morgan fingerprint density at radius 3 is 2.60 bits per heavy atom. The van der Waals surface area contributed by atoms with E-state index in [2.05, 4.69) is 21.2 Å². The molecule has 2 atom stereocenters. The SMILES string of the molecule is CNC(c1ccccc1Br)C(N)C(=O)O. The number of carboxylic acid groups (broad SMARTS) is 1. The number of hydrogen-bond acceptors (Lipinski definition) is 3. The lowest BCUT2D eigenvalue weighted by atomic mass is 10.0. The Hall–Kier alpha value is -0.910. The van der Waals surface area contributed by atoms with E-state index >= 15 is 0 Å². The highest BCUT2D eigenvalue weighted by Crippen LogP contribution is 2.24. The van der Waals surface area contributed by atoms with Crippen molar-refractivity contribution in [3.05, 3.63) is 34.3 Å². The molecule has 0 aliphatic heterocycles. The molecule has 0 saturated heterocycles. The predicted molar refractivity (Wildman–Crippen MR) is 61.6 cm³/mol. The van der Waals surface area contributed by atoms with Gasteiger partial charge in [0, 0.05) is 4.47 Å². The Morgan fingerprint density at radius 2 is 2.13 bits per heavy atom. The van der Waals surface area contributed by atoms with Crippen molar-refractivity contribution in [3.8, 4) is 0 Å². The molecular weight excluding hydrogens is 260 g/mol. The molecule has 0 bridgehead atoms. The lowest BCUT2D eigenvalue weighted by molar-refractivity contribution is -0.139. The molecular formula is C10H13BrN2O2. The second kappa shape index (κ2) is 5.25. The highest BCUT2D eigenvalue weighted by molar-refractivity contribution is 9.10. The number of nitrogens with one attached hydrogen (secondary N) is 1. The van der Waals surface area contributed by atoms with Gasteiger partial charge in [-0.3, -0.25) is 4.79 Å². The van der Waals surface area contributed by atoms with Crippen LogP contribution in [0.1, 0.15) is 11.6 Å². The zero-order chi connectivity index (χ0) is 11.4. The molecule has 0 heterocycles. The fourth-order valence-corrected chi connectivity index (χ4v) is 1.93. The average molecular weight is 273 g/mol. The monoisotopic (exact) mass is 272 g/mol. The Balaban J connectivity index is 3.02. The van der Waals surface area contributed by atoms with Crippen molar-refractivity contribution in [1.29, 1.82) is 0 Å². The first kappa shape index (κ1) is 12.2. The van der Waals surface area contributed by atoms with Crippen molar-refractivity contribution in [2.75, 3.05) is 7.05 Å². The topological polar surface area (TPSA) is 75.3 Å². The average Bonchev–Trinajstić information content (AvgIpc) is 2.21. The Morgan fingerprint density at radius 1 is 1.53 bits per heavy atom. The van der Waals surface area contributed by atoms with Crippen LogP contribution in [0.3, 0.4) is 0 Å². The lowest BCUT2D eigenvalue weighted by Gasteiger charge is -2.21. The molecule has 1 rings (SSSR count). The first-order valence-corrected chi connectivity index (χ1v) is 5.27. The van der Waals surface area contributed by atoms with Crippen LogP contribution in [0, 0.1) is 0 Å². The summed E-state index contributed by atoms with van der Waals surface area (Å²) < 4.78 is 0.848. The van der Waals surface area contributed by atoms with Crippen LogP contribution >= 0.6 is 15.9 Å². The van der Waals surface area contributed by atoms with E-state index in [4.69, 9.17) is 10.8 Å². The second-order valence-electron chi connectivity index (χ2n) is 3.15. The maximum Gasteiger partial charge on any atom is 0.322 e. The minimum absolute atomic E-state index is 0.405. The Bertz CT molecular complexity index is 357. The zero-order valence-electron chi connectivity index (χ0n) is 8.27. The van der Waals surface area contributed by atoms with Crippen LogP contribution in [0.25, 0.3) is 0 Å².